The van der Waals surface area contributed by atoms with Crippen molar-refractivity contribution < 1.29 is 4.42 Å². The number of aromatic nitrogens is 2. The highest BCUT2D eigenvalue weighted by molar-refractivity contribution is 6.27. The molecule has 10 rings (SSSR count). The van der Waals surface area contributed by atoms with Gasteiger partial charge in [-0.3, -0.25) is 4.57 Å². The minimum absolute atomic E-state index is 0.863. The molecule has 2 aromatic heterocycles. The van der Waals surface area contributed by atoms with Gasteiger partial charge in [0, 0.05) is 22.9 Å². The number of furan rings is 1. The molecular weight excluding hydrogens is 585 g/mol. The average Bonchev–Trinajstić information content (AvgIpc) is 3.72. The Morgan fingerprint density at radius 1 is 0.521 bits per heavy atom. The first-order chi connectivity index (χ1) is 23.8. The first kappa shape index (κ1) is 27.0. The van der Waals surface area contributed by atoms with Crippen LogP contribution in [0.25, 0.3) is 93.2 Å². The summed E-state index contributed by atoms with van der Waals surface area (Å²) in [5.74, 6) is 1.07. The Morgan fingerprint density at radius 3 is 1.77 bits per heavy atom. The molecule has 0 aliphatic carbocycles. The average molecular weight is 615 g/mol. The first-order valence-electron chi connectivity index (χ1n) is 16.6. The van der Waals surface area contributed by atoms with Crippen LogP contribution in [-0.2, 0) is 6.42 Å². The lowest BCUT2D eigenvalue weighted by atomic mass is 9.84. The van der Waals surface area contributed by atoms with Crippen LogP contribution >= 0.6 is 0 Å². The van der Waals surface area contributed by atoms with E-state index in [1.807, 2.05) is 6.07 Å². The summed E-state index contributed by atoms with van der Waals surface area (Å²) < 4.78 is 8.81. The van der Waals surface area contributed by atoms with Gasteiger partial charge in [0.25, 0.3) is 0 Å². The Morgan fingerprint density at radius 2 is 1.08 bits per heavy atom. The van der Waals surface area contributed by atoms with Crippen molar-refractivity contribution >= 4 is 65.3 Å². The van der Waals surface area contributed by atoms with Crippen molar-refractivity contribution in [3.63, 3.8) is 0 Å². The van der Waals surface area contributed by atoms with Crippen LogP contribution in [-0.4, -0.2) is 9.55 Å². The lowest BCUT2D eigenvalue weighted by Crippen LogP contribution is -2.00. The summed E-state index contributed by atoms with van der Waals surface area (Å²) >= 11 is 0. The normalized spacial score (nSPS) is 11.9. The Bertz CT molecular complexity index is 2820. The highest BCUT2D eigenvalue weighted by Crippen LogP contribution is 2.47. The Hall–Kier alpha value is -6.19. The molecule has 0 atom stereocenters. The second-order valence-electron chi connectivity index (χ2n) is 12.5. The van der Waals surface area contributed by atoms with E-state index in [-0.39, 0.29) is 0 Å². The molecule has 10 aromatic rings. The van der Waals surface area contributed by atoms with Crippen LogP contribution < -0.4 is 0 Å². The van der Waals surface area contributed by atoms with Crippen molar-refractivity contribution in [1.29, 1.82) is 0 Å². The van der Waals surface area contributed by atoms with Gasteiger partial charge in [0.1, 0.15) is 17.0 Å². The zero-order valence-corrected chi connectivity index (χ0v) is 26.4. The third-order valence-electron chi connectivity index (χ3n) is 9.95. The highest BCUT2D eigenvalue weighted by atomic mass is 16.3. The zero-order chi connectivity index (χ0) is 31.8. The number of hydrogen-bond donors (Lipinski definition) is 0. The fraction of sp³-hybridized carbons (Fsp3) is 0.0444. The molecule has 0 amide bonds. The molecule has 0 bridgehead atoms. The van der Waals surface area contributed by atoms with E-state index in [2.05, 4.69) is 157 Å². The number of nitrogens with zero attached hydrogens (tertiary/aromatic N) is 2. The molecule has 0 aliphatic rings. The maximum atomic E-state index is 6.52. The van der Waals surface area contributed by atoms with Crippen molar-refractivity contribution in [3.8, 4) is 27.9 Å². The quantitative estimate of drug-likeness (QED) is 0.185. The van der Waals surface area contributed by atoms with Gasteiger partial charge in [-0.25, -0.2) is 4.98 Å². The smallest absolute Gasteiger partial charge is 0.136 e. The van der Waals surface area contributed by atoms with Gasteiger partial charge in [0.15, 0.2) is 0 Å². The van der Waals surface area contributed by atoms with Crippen LogP contribution in [0, 0.1) is 0 Å². The molecule has 0 saturated carbocycles. The number of rotatable bonds is 4. The largest absolute Gasteiger partial charge is 0.456 e. The lowest BCUT2D eigenvalue weighted by molar-refractivity contribution is 0.669. The fourth-order valence-electron chi connectivity index (χ4n) is 7.90. The molecule has 8 aromatic carbocycles. The molecule has 0 radical (unpaired) electrons. The van der Waals surface area contributed by atoms with Crippen LogP contribution in [0.2, 0.25) is 0 Å². The Labute approximate surface area is 277 Å². The van der Waals surface area contributed by atoms with Crippen LogP contribution in [0.1, 0.15) is 12.7 Å². The van der Waals surface area contributed by atoms with Crippen LogP contribution in [0.15, 0.2) is 156 Å². The topological polar surface area (TPSA) is 31.0 Å². The second kappa shape index (κ2) is 10.4. The van der Waals surface area contributed by atoms with Gasteiger partial charge in [-0.05, 0) is 91.0 Å². The van der Waals surface area contributed by atoms with Crippen molar-refractivity contribution in [1.82, 2.24) is 9.55 Å². The van der Waals surface area contributed by atoms with Gasteiger partial charge in [-0.15, -0.1) is 0 Å². The van der Waals surface area contributed by atoms with Crippen molar-refractivity contribution in [2.75, 3.05) is 0 Å². The van der Waals surface area contributed by atoms with Gasteiger partial charge in [0.2, 0.25) is 0 Å². The molecule has 0 fully saturated rings. The van der Waals surface area contributed by atoms with E-state index in [0.29, 0.717) is 0 Å². The molecule has 0 aliphatic heterocycles. The minimum atomic E-state index is 0.863. The predicted octanol–water partition coefficient (Wildman–Crippen LogP) is 12.3. The van der Waals surface area contributed by atoms with E-state index >= 15 is 0 Å². The van der Waals surface area contributed by atoms with Crippen LogP contribution in [0.3, 0.4) is 0 Å². The molecule has 2 heterocycles. The third kappa shape index (κ3) is 3.85. The van der Waals surface area contributed by atoms with E-state index in [1.54, 1.807) is 0 Å². The van der Waals surface area contributed by atoms with Gasteiger partial charge in [0.05, 0.1) is 11.0 Å². The van der Waals surface area contributed by atoms with E-state index in [0.717, 1.165) is 45.5 Å². The summed E-state index contributed by atoms with van der Waals surface area (Å²) in [6.07, 6.45) is 0.863. The molecule has 3 nitrogen and oxygen atoms in total. The van der Waals surface area contributed by atoms with Crippen LogP contribution in [0.5, 0.6) is 0 Å². The summed E-state index contributed by atoms with van der Waals surface area (Å²) in [6.45, 7) is 2.17. The molecule has 0 spiro atoms. The lowest BCUT2D eigenvalue weighted by Gasteiger charge is -2.19. The molecule has 226 valence electrons. The monoisotopic (exact) mass is 614 g/mol. The van der Waals surface area contributed by atoms with Crippen molar-refractivity contribution in [2.24, 2.45) is 0 Å². The standard InChI is InChI=1S/C45H30N2O/c1-2-42-46-38-20-10-11-21-39(38)47(42)29-25-23-28(24-26-29)43-32-15-5-7-17-34(32)44(35-18-8-6-16-33(35)43)37-27-41-45(31-14-4-3-13-30(31)37)36-19-9-12-22-40(36)48-41/h3-27H,2H2,1H3. The molecule has 48 heavy (non-hydrogen) atoms. The van der Waals surface area contributed by atoms with Crippen LogP contribution in [0.4, 0.5) is 0 Å². The summed E-state index contributed by atoms with van der Waals surface area (Å²) in [6, 6.07) is 54.5. The van der Waals surface area contributed by atoms with Gasteiger partial charge >= 0.3 is 0 Å². The fourth-order valence-corrected chi connectivity index (χ4v) is 7.90. The number of benzene rings is 8. The number of fused-ring (bicyclic) bond motifs is 8. The summed E-state index contributed by atoms with van der Waals surface area (Å²) in [5.41, 5.74) is 9.97. The van der Waals surface area contributed by atoms with E-state index in [1.165, 1.54) is 60.0 Å². The van der Waals surface area contributed by atoms with Crippen molar-refractivity contribution in [3.05, 3.63) is 157 Å². The second-order valence-corrected chi connectivity index (χ2v) is 12.5. The predicted molar refractivity (Wildman–Crippen MR) is 201 cm³/mol. The van der Waals surface area contributed by atoms with E-state index < -0.39 is 0 Å². The Kier molecular flexibility index (Phi) is 5.85. The zero-order valence-electron chi connectivity index (χ0n) is 26.4. The van der Waals surface area contributed by atoms with E-state index in [4.69, 9.17) is 9.40 Å². The molecule has 0 unspecified atom stereocenters. The molecule has 0 N–H and O–H groups in total. The number of para-hydroxylation sites is 3. The molecule has 0 saturated heterocycles. The maximum absolute atomic E-state index is 6.52. The van der Waals surface area contributed by atoms with Gasteiger partial charge in [-0.2, -0.15) is 0 Å². The summed E-state index contributed by atoms with van der Waals surface area (Å²) in [7, 11) is 0. The number of aryl methyl sites for hydroxylation is 1. The van der Waals surface area contributed by atoms with Crippen molar-refractivity contribution in [2.45, 2.75) is 13.3 Å². The summed E-state index contributed by atoms with van der Waals surface area (Å²) in [5, 5.41) is 9.68. The van der Waals surface area contributed by atoms with Gasteiger partial charge < -0.3 is 4.42 Å². The first-order valence-corrected chi connectivity index (χ1v) is 16.6. The highest BCUT2D eigenvalue weighted by Gasteiger charge is 2.21. The molecule has 3 heteroatoms. The maximum Gasteiger partial charge on any atom is 0.136 e. The molecular formula is C45H30N2O. The van der Waals surface area contributed by atoms with E-state index in [9.17, 15) is 0 Å². The third-order valence-corrected chi connectivity index (χ3v) is 9.95. The summed E-state index contributed by atoms with van der Waals surface area (Å²) in [4.78, 5) is 4.92. The Balaban J connectivity index is 1.24. The number of hydrogen-bond acceptors (Lipinski definition) is 2. The van der Waals surface area contributed by atoms with Gasteiger partial charge in [-0.1, -0.05) is 122 Å². The minimum Gasteiger partial charge on any atom is -0.456 e. The SMILES string of the molecule is CCc1nc2ccccc2n1-c1ccc(-c2c3ccccc3c(-c3cc4oc5ccccc5c4c4ccccc34)c3ccccc23)cc1. The number of imidazole rings is 1.